The second kappa shape index (κ2) is 3.48. The summed E-state index contributed by atoms with van der Waals surface area (Å²) in [7, 11) is -4.79. The van der Waals surface area contributed by atoms with Gasteiger partial charge in [0.15, 0.2) is 0 Å². The molecule has 0 atom stereocenters. The smallest absolute Gasteiger partial charge is 0.210 e. The number of hydrogen-bond acceptors (Lipinski definition) is 2. The van der Waals surface area contributed by atoms with Crippen molar-refractivity contribution in [3.8, 4) is 0 Å². The Bertz CT molecular complexity index is 267. The number of alkyl halides is 2. The normalized spacial score (nSPS) is 22.5. The van der Waals surface area contributed by atoms with E-state index in [1.165, 1.54) is 0 Å². The van der Waals surface area contributed by atoms with Gasteiger partial charge in [0.1, 0.15) is 0 Å². The van der Waals surface area contributed by atoms with E-state index < -0.39 is 27.8 Å². The highest BCUT2D eigenvalue weighted by molar-refractivity contribution is 7.86. The number of hydrogen-bond donors (Lipinski definition) is 0. The highest BCUT2D eigenvalue weighted by Gasteiger charge is 2.45. The molecule has 1 fully saturated rings. The second-order valence-electron chi connectivity index (χ2n) is 3.55. The van der Waals surface area contributed by atoms with E-state index in [0.29, 0.717) is 12.8 Å². The van der Waals surface area contributed by atoms with Crippen molar-refractivity contribution in [2.75, 3.05) is 5.75 Å². The van der Waals surface area contributed by atoms with Gasteiger partial charge in [-0.15, -0.1) is 3.89 Å². The van der Waals surface area contributed by atoms with E-state index in [4.69, 9.17) is 0 Å². The van der Waals surface area contributed by atoms with Gasteiger partial charge in [0.2, 0.25) is 6.43 Å². The van der Waals surface area contributed by atoms with Crippen LogP contribution in [-0.4, -0.2) is 20.6 Å². The van der Waals surface area contributed by atoms with Crippen molar-refractivity contribution in [1.29, 1.82) is 0 Å². The molecule has 0 amide bonds. The van der Waals surface area contributed by atoms with Gasteiger partial charge in [-0.25, -0.2) is 8.78 Å². The fraction of sp³-hybridized carbons (Fsp3) is 1.00. The Morgan fingerprint density at radius 1 is 1.23 bits per heavy atom. The predicted molar refractivity (Wildman–Crippen MR) is 41.8 cm³/mol. The number of rotatable bonds is 3. The standard InChI is InChI=1S/C7H11F3O2S/c8-6(9)7(3-1-2-4-7)5-13(10,11)12/h6H,1-5H2. The molecule has 0 aromatic rings. The molecule has 0 aromatic carbocycles. The summed E-state index contributed by atoms with van der Waals surface area (Å²) in [5, 5.41) is 0. The van der Waals surface area contributed by atoms with Gasteiger partial charge in [-0.3, -0.25) is 0 Å². The van der Waals surface area contributed by atoms with Gasteiger partial charge in [0.25, 0.3) is 0 Å². The van der Waals surface area contributed by atoms with Crippen LogP contribution in [0.15, 0.2) is 0 Å². The molecule has 13 heavy (non-hydrogen) atoms. The molecule has 0 aliphatic heterocycles. The van der Waals surface area contributed by atoms with E-state index in [1.54, 1.807) is 0 Å². The Labute approximate surface area is 75.3 Å². The first-order valence-corrected chi connectivity index (χ1v) is 5.61. The lowest BCUT2D eigenvalue weighted by atomic mass is 9.89. The Balaban J connectivity index is 2.80. The summed E-state index contributed by atoms with van der Waals surface area (Å²) in [6.07, 6.45) is -1.43. The predicted octanol–water partition coefficient (Wildman–Crippen LogP) is 2.11. The van der Waals surface area contributed by atoms with E-state index in [0.717, 1.165) is 0 Å². The molecular formula is C7H11F3O2S. The van der Waals surface area contributed by atoms with Crippen molar-refractivity contribution in [3.05, 3.63) is 0 Å². The van der Waals surface area contributed by atoms with Crippen LogP contribution in [0.4, 0.5) is 12.7 Å². The van der Waals surface area contributed by atoms with E-state index in [2.05, 4.69) is 0 Å². The maximum Gasteiger partial charge on any atom is 0.303 e. The minimum absolute atomic E-state index is 0.105. The molecule has 0 unspecified atom stereocenters. The first-order valence-electron chi connectivity index (χ1n) is 4.06. The Hall–Kier alpha value is -0.260. The van der Waals surface area contributed by atoms with Crippen LogP contribution in [0.25, 0.3) is 0 Å². The summed E-state index contributed by atoms with van der Waals surface area (Å²) in [4.78, 5) is 0. The van der Waals surface area contributed by atoms with Gasteiger partial charge in [0.05, 0.1) is 5.75 Å². The van der Waals surface area contributed by atoms with Gasteiger partial charge >= 0.3 is 10.2 Å². The maximum atomic E-state index is 12.5. The lowest BCUT2D eigenvalue weighted by molar-refractivity contribution is 0.0136. The zero-order chi connectivity index (χ0) is 10.1. The molecule has 1 aliphatic rings. The molecule has 1 saturated carbocycles. The minimum Gasteiger partial charge on any atom is -0.210 e. The van der Waals surface area contributed by atoms with Crippen molar-refractivity contribution in [1.82, 2.24) is 0 Å². The third-order valence-electron chi connectivity index (χ3n) is 2.52. The van der Waals surface area contributed by atoms with Gasteiger partial charge in [-0.2, -0.15) is 8.42 Å². The van der Waals surface area contributed by atoms with Crippen LogP contribution >= 0.6 is 0 Å². The Kier molecular flexibility index (Phi) is 2.89. The fourth-order valence-corrected chi connectivity index (χ4v) is 2.95. The van der Waals surface area contributed by atoms with Gasteiger partial charge in [0, 0.05) is 5.41 Å². The highest BCUT2D eigenvalue weighted by Crippen LogP contribution is 2.44. The molecule has 78 valence electrons. The van der Waals surface area contributed by atoms with Crippen LogP contribution in [0.3, 0.4) is 0 Å². The first-order chi connectivity index (χ1) is 5.86. The van der Waals surface area contributed by atoms with Crippen molar-refractivity contribution >= 4 is 10.2 Å². The van der Waals surface area contributed by atoms with Crippen molar-refractivity contribution in [3.63, 3.8) is 0 Å². The van der Waals surface area contributed by atoms with E-state index in [1.807, 2.05) is 0 Å². The summed E-state index contributed by atoms with van der Waals surface area (Å²) in [5.74, 6) is -1.03. The lowest BCUT2D eigenvalue weighted by Crippen LogP contribution is -2.33. The van der Waals surface area contributed by atoms with Gasteiger partial charge in [-0.1, -0.05) is 12.8 Å². The molecule has 2 nitrogen and oxygen atoms in total. The molecule has 1 rings (SSSR count). The van der Waals surface area contributed by atoms with E-state index in [-0.39, 0.29) is 12.8 Å². The molecule has 0 spiro atoms. The highest BCUT2D eigenvalue weighted by atomic mass is 32.3. The van der Waals surface area contributed by atoms with Crippen LogP contribution < -0.4 is 0 Å². The first kappa shape index (κ1) is 10.8. The Morgan fingerprint density at radius 2 is 1.69 bits per heavy atom. The van der Waals surface area contributed by atoms with Crippen LogP contribution in [-0.2, 0) is 10.2 Å². The van der Waals surface area contributed by atoms with Crippen LogP contribution in [0.1, 0.15) is 25.7 Å². The van der Waals surface area contributed by atoms with Gasteiger partial charge < -0.3 is 0 Å². The molecule has 0 saturated heterocycles. The fourth-order valence-electron chi connectivity index (χ4n) is 1.85. The third-order valence-corrected chi connectivity index (χ3v) is 3.44. The quantitative estimate of drug-likeness (QED) is 0.677. The zero-order valence-electron chi connectivity index (χ0n) is 6.97. The topological polar surface area (TPSA) is 34.1 Å². The molecule has 0 bridgehead atoms. The summed E-state index contributed by atoms with van der Waals surface area (Å²) in [6, 6.07) is 0. The third kappa shape index (κ3) is 2.59. The SMILES string of the molecule is O=S(=O)(F)CC1(C(F)F)CCCC1. The summed E-state index contributed by atoms with van der Waals surface area (Å²) in [5.41, 5.74) is -1.62. The summed E-state index contributed by atoms with van der Waals surface area (Å²) < 4.78 is 57.9. The van der Waals surface area contributed by atoms with Crippen molar-refractivity contribution in [2.24, 2.45) is 5.41 Å². The minimum atomic E-state index is -4.79. The van der Waals surface area contributed by atoms with Crippen molar-refractivity contribution in [2.45, 2.75) is 32.1 Å². The Morgan fingerprint density at radius 3 is 2.00 bits per heavy atom. The molecule has 0 N–H and O–H groups in total. The molecule has 0 heterocycles. The summed E-state index contributed by atoms with van der Waals surface area (Å²) >= 11 is 0. The van der Waals surface area contributed by atoms with Crippen LogP contribution in [0.2, 0.25) is 0 Å². The average molecular weight is 216 g/mol. The second-order valence-corrected chi connectivity index (χ2v) is 4.92. The molecule has 6 heteroatoms. The summed E-state index contributed by atoms with van der Waals surface area (Å²) in [6.45, 7) is 0. The number of halogens is 3. The monoisotopic (exact) mass is 216 g/mol. The lowest BCUT2D eigenvalue weighted by Gasteiger charge is -2.25. The largest absolute Gasteiger partial charge is 0.303 e. The van der Waals surface area contributed by atoms with E-state index in [9.17, 15) is 21.1 Å². The molecule has 0 radical (unpaired) electrons. The van der Waals surface area contributed by atoms with Crippen molar-refractivity contribution < 1.29 is 21.1 Å². The van der Waals surface area contributed by atoms with Crippen LogP contribution in [0, 0.1) is 5.41 Å². The van der Waals surface area contributed by atoms with Gasteiger partial charge in [-0.05, 0) is 12.8 Å². The average Bonchev–Trinajstić information content (AvgIpc) is 2.33. The zero-order valence-corrected chi connectivity index (χ0v) is 7.79. The van der Waals surface area contributed by atoms with Crippen LogP contribution in [0.5, 0.6) is 0 Å². The maximum absolute atomic E-state index is 12.5. The molecular weight excluding hydrogens is 205 g/mol. The molecule has 1 aliphatic carbocycles. The van der Waals surface area contributed by atoms with E-state index >= 15 is 0 Å². The molecule has 0 aromatic heterocycles.